The molecule has 1 N–H and O–H groups in total. The number of amides is 1. The van der Waals surface area contributed by atoms with Crippen molar-refractivity contribution in [3.63, 3.8) is 0 Å². The molecule has 9 heteroatoms. The Morgan fingerprint density at radius 3 is 2.59 bits per heavy atom. The van der Waals surface area contributed by atoms with E-state index < -0.39 is 12.1 Å². The monoisotopic (exact) mass is 523 g/mol. The van der Waals surface area contributed by atoms with Gasteiger partial charge in [-0.3, -0.25) is 4.79 Å². The Morgan fingerprint density at radius 1 is 1.03 bits per heavy atom. The third kappa shape index (κ3) is 5.33. The maximum absolute atomic E-state index is 13.7. The predicted octanol–water partition coefficient (Wildman–Crippen LogP) is 7.17. The Kier molecular flexibility index (Phi) is 6.12. The molecule has 5 nitrogen and oxygen atoms in total. The van der Waals surface area contributed by atoms with Crippen LogP contribution in [0, 0.1) is 5.92 Å². The highest BCUT2D eigenvalue weighted by atomic mass is 32.1. The Labute approximate surface area is 215 Å². The Hall–Kier alpha value is -3.43. The summed E-state index contributed by atoms with van der Waals surface area (Å²) in [6.07, 6.45) is -1.59. The summed E-state index contributed by atoms with van der Waals surface area (Å²) in [6, 6.07) is 21.5. The van der Waals surface area contributed by atoms with Gasteiger partial charge in [-0.05, 0) is 73.7 Å². The maximum atomic E-state index is 13.7. The molecule has 0 aliphatic heterocycles. The molecule has 4 aromatic rings. The number of hydrogen-bond acceptors (Lipinski definition) is 5. The summed E-state index contributed by atoms with van der Waals surface area (Å²) in [4.78, 5) is 17.7. The van der Waals surface area contributed by atoms with Crippen LogP contribution in [-0.2, 0) is 4.79 Å². The standard InChI is InChI=1S/C28H24F3N3O2S/c29-28(30,31)26(35)34(19-6-4-5-18(13-19)22-15-24(22)32-16-17-9-10-17)27-33-23-12-11-21(14-25(23)37-27)36-20-7-2-1-3-8-20/h1-8,11-14,17,22,24,32H,9-10,15-16H2. The Bertz CT molecular complexity index is 1440. The maximum Gasteiger partial charge on any atom is 0.472 e. The number of carbonyl (C=O) groups excluding carboxylic acids is 1. The van der Waals surface area contributed by atoms with Crippen LogP contribution in [0.2, 0.25) is 0 Å². The van der Waals surface area contributed by atoms with E-state index in [1.54, 1.807) is 30.3 Å². The summed E-state index contributed by atoms with van der Waals surface area (Å²) >= 11 is 1.02. The third-order valence-electron chi connectivity index (χ3n) is 6.68. The number of carbonyl (C=O) groups is 1. The van der Waals surface area contributed by atoms with Gasteiger partial charge in [0.25, 0.3) is 0 Å². The number of benzene rings is 3. The van der Waals surface area contributed by atoms with Gasteiger partial charge in [0.2, 0.25) is 0 Å². The van der Waals surface area contributed by atoms with E-state index in [0.29, 0.717) is 32.7 Å². The van der Waals surface area contributed by atoms with Crippen molar-refractivity contribution in [2.45, 2.75) is 37.4 Å². The van der Waals surface area contributed by atoms with Crippen molar-refractivity contribution >= 4 is 38.3 Å². The number of halogens is 3. The number of para-hydroxylation sites is 1. The molecule has 6 rings (SSSR count). The molecular formula is C28H24F3N3O2S. The van der Waals surface area contributed by atoms with Gasteiger partial charge in [0.1, 0.15) is 11.5 Å². The van der Waals surface area contributed by atoms with Crippen LogP contribution in [-0.4, -0.2) is 29.7 Å². The average molecular weight is 524 g/mol. The third-order valence-corrected chi connectivity index (χ3v) is 7.68. The average Bonchev–Trinajstić information content (AvgIpc) is 3.80. The number of nitrogens with one attached hydrogen (secondary N) is 1. The SMILES string of the molecule is O=C(N(c1cccc(C2CC2NCC2CC2)c1)c1nc2ccc(Oc3ccccc3)cc2s1)C(F)(F)F. The lowest BCUT2D eigenvalue weighted by molar-refractivity contribution is -0.169. The van der Waals surface area contributed by atoms with E-state index in [4.69, 9.17) is 4.74 Å². The van der Waals surface area contributed by atoms with Gasteiger partial charge in [-0.15, -0.1) is 0 Å². The van der Waals surface area contributed by atoms with E-state index >= 15 is 0 Å². The van der Waals surface area contributed by atoms with Crippen molar-refractivity contribution in [1.29, 1.82) is 0 Å². The summed E-state index contributed by atoms with van der Waals surface area (Å²) in [5.41, 5.74) is 1.57. The van der Waals surface area contributed by atoms with Gasteiger partial charge in [-0.2, -0.15) is 13.2 Å². The zero-order valence-corrected chi connectivity index (χ0v) is 20.6. The van der Waals surface area contributed by atoms with Crippen LogP contribution in [0.4, 0.5) is 24.0 Å². The first-order valence-corrected chi connectivity index (χ1v) is 13.0. The van der Waals surface area contributed by atoms with Crippen LogP contribution in [0.1, 0.15) is 30.7 Å². The van der Waals surface area contributed by atoms with E-state index in [9.17, 15) is 18.0 Å². The number of thiazole rings is 1. The number of fused-ring (bicyclic) bond motifs is 1. The molecule has 2 atom stereocenters. The predicted molar refractivity (Wildman–Crippen MR) is 138 cm³/mol. The fourth-order valence-electron chi connectivity index (χ4n) is 4.44. The molecule has 190 valence electrons. The summed E-state index contributed by atoms with van der Waals surface area (Å²) in [5.74, 6) is 0.189. The molecule has 0 saturated heterocycles. The first kappa shape index (κ1) is 23.9. The second-order valence-electron chi connectivity index (χ2n) is 9.57. The molecule has 1 aromatic heterocycles. The van der Waals surface area contributed by atoms with Crippen molar-refractivity contribution in [3.05, 3.63) is 78.4 Å². The first-order chi connectivity index (χ1) is 17.8. The number of alkyl halides is 3. The minimum Gasteiger partial charge on any atom is -0.457 e. The second kappa shape index (κ2) is 9.46. The van der Waals surface area contributed by atoms with Crippen LogP contribution in [0.15, 0.2) is 72.8 Å². The smallest absolute Gasteiger partial charge is 0.457 e. The number of aromatic nitrogens is 1. The molecule has 2 saturated carbocycles. The highest BCUT2D eigenvalue weighted by Crippen LogP contribution is 2.44. The Balaban J connectivity index is 1.30. The van der Waals surface area contributed by atoms with Crippen molar-refractivity contribution < 1.29 is 22.7 Å². The molecule has 37 heavy (non-hydrogen) atoms. The second-order valence-corrected chi connectivity index (χ2v) is 10.6. The van der Waals surface area contributed by atoms with Crippen LogP contribution in [0.3, 0.4) is 0 Å². The lowest BCUT2D eigenvalue weighted by Gasteiger charge is -2.21. The van der Waals surface area contributed by atoms with Gasteiger partial charge in [0.05, 0.1) is 15.9 Å². The highest BCUT2D eigenvalue weighted by molar-refractivity contribution is 7.22. The fourth-order valence-corrected chi connectivity index (χ4v) is 5.46. The number of anilines is 2. The fraction of sp³-hybridized carbons (Fsp3) is 0.286. The van der Waals surface area contributed by atoms with E-state index in [-0.39, 0.29) is 16.7 Å². The van der Waals surface area contributed by atoms with Crippen LogP contribution in [0.5, 0.6) is 11.5 Å². The molecule has 2 aliphatic rings. The van der Waals surface area contributed by atoms with Gasteiger partial charge < -0.3 is 10.1 Å². The van der Waals surface area contributed by atoms with Crippen molar-refractivity contribution in [2.75, 3.05) is 11.4 Å². The van der Waals surface area contributed by atoms with Gasteiger partial charge in [-0.25, -0.2) is 9.88 Å². The molecule has 0 radical (unpaired) electrons. The molecule has 1 amide bonds. The highest BCUT2D eigenvalue weighted by Gasteiger charge is 2.45. The summed E-state index contributed by atoms with van der Waals surface area (Å²) in [5, 5.41) is 3.52. The lowest BCUT2D eigenvalue weighted by Crippen LogP contribution is -2.38. The van der Waals surface area contributed by atoms with E-state index in [1.807, 2.05) is 36.4 Å². The van der Waals surface area contributed by atoms with E-state index in [1.165, 1.54) is 18.9 Å². The van der Waals surface area contributed by atoms with Gasteiger partial charge in [-0.1, -0.05) is 41.7 Å². The van der Waals surface area contributed by atoms with Crippen LogP contribution < -0.4 is 15.0 Å². The summed E-state index contributed by atoms with van der Waals surface area (Å²) in [7, 11) is 0. The quantitative estimate of drug-likeness (QED) is 0.266. The summed E-state index contributed by atoms with van der Waals surface area (Å²) in [6.45, 7) is 0.987. The minimum absolute atomic E-state index is 0.0365. The molecule has 0 bridgehead atoms. The van der Waals surface area contributed by atoms with Crippen LogP contribution >= 0.6 is 11.3 Å². The van der Waals surface area contributed by atoms with Crippen molar-refractivity contribution in [2.24, 2.45) is 5.92 Å². The van der Waals surface area contributed by atoms with Crippen molar-refractivity contribution in [1.82, 2.24) is 10.3 Å². The lowest BCUT2D eigenvalue weighted by atomic mass is 10.1. The largest absolute Gasteiger partial charge is 0.472 e. The zero-order valence-electron chi connectivity index (χ0n) is 19.7. The van der Waals surface area contributed by atoms with Gasteiger partial charge in [0.15, 0.2) is 5.13 Å². The zero-order chi connectivity index (χ0) is 25.6. The molecule has 1 heterocycles. The van der Waals surface area contributed by atoms with E-state index in [2.05, 4.69) is 10.3 Å². The Morgan fingerprint density at radius 2 is 1.84 bits per heavy atom. The number of rotatable bonds is 8. The molecule has 3 aromatic carbocycles. The molecule has 2 fully saturated rings. The molecular weight excluding hydrogens is 499 g/mol. The molecule has 2 unspecified atom stereocenters. The van der Waals surface area contributed by atoms with Gasteiger partial charge in [0, 0.05) is 18.0 Å². The normalized spacial score (nSPS) is 19.1. The van der Waals surface area contributed by atoms with Crippen LogP contribution in [0.25, 0.3) is 10.2 Å². The minimum atomic E-state index is -5.05. The molecule has 0 spiro atoms. The topological polar surface area (TPSA) is 54.5 Å². The van der Waals surface area contributed by atoms with Crippen molar-refractivity contribution in [3.8, 4) is 11.5 Å². The number of ether oxygens (including phenoxy) is 1. The number of hydrogen-bond donors (Lipinski definition) is 1. The summed E-state index contributed by atoms with van der Waals surface area (Å²) < 4.78 is 47.6. The number of nitrogens with zero attached hydrogens (tertiary/aromatic N) is 2. The first-order valence-electron chi connectivity index (χ1n) is 12.2. The van der Waals surface area contributed by atoms with Gasteiger partial charge >= 0.3 is 12.1 Å². The van der Waals surface area contributed by atoms with E-state index in [0.717, 1.165) is 35.8 Å². The molecule has 2 aliphatic carbocycles.